The summed E-state index contributed by atoms with van der Waals surface area (Å²) in [6.07, 6.45) is 3.33. The van der Waals surface area contributed by atoms with Crippen LogP contribution in [0.5, 0.6) is 11.5 Å². The number of phenols is 1. The van der Waals surface area contributed by atoms with E-state index in [0.29, 0.717) is 22.8 Å². The third kappa shape index (κ3) is 3.39. The molecule has 6 heteroatoms. The largest absolute Gasteiger partial charge is 0.504 e. The minimum Gasteiger partial charge on any atom is -0.504 e. The van der Waals surface area contributed by atoms with Crippen molar-refractivity contribution in [3.63, 3.8) is 0 Å². The molecule has 1 fully saturated rings. The van der Waals surface area contributed by atoms with Gasteiger partial charge in [0.2, 0.25) is 0 Å². The molecule has 2 amide bonds. The molecule has 0 aromatic heterocycles. The monoisotopic (exact) mass is 307 g/mol. The standard InChI is InChI=1S/C15H17NO4S/c1-3-4-7-16-14(18)13(21-15(16)19)9-10-5-6-12(20-2)11(17)8-10/h5-6,8-9,17H,3-4,7H2,1-2H3/b13-9-. The van der Waals surface area contributed by atoms with Crippen LogP contribution in [-0.2, 0) is 4.79 Å². The van der Waals surface area contributed by atoms with E-state index in [1.807, 2.05) is 6.92 Å². The minimum absolute atomic E-state index is 0.00328. The zero-order valence-electron chi connectivity index (χ0n) is 12.0. The molecule has 0 aliphatic carbocycles. The van der Waals surface area contributed by atoms with Gasteiger partial charge in [0.1, 0.15) is 0 Å². The molecule has 1 aromatic carbocycles. The molecule has 2 rings (SSSR count). The van der Waals surface area contributed by atoms with Crippen molar-refractivity contribution in [3.05, 3.63) is 28.7 Å². The molecule has 0 atom stereocenters. The van der Waals surface area contributed by atoms with Gasteiger partial charge in [-0.1, -0.05) is 19.4 Å². The molecule has 1 saturated heterocycles. The van der Waals surface area contributed by atoms with Gasteiger partial charge in [-0.05, 0) is 42.0 Å². The Morgan fingerprint density at radius 1 is 1.38 bits per heavy atom. The lowest BCUT2D eigenvalue weighted by molar-refractivity contribution is -0.122. The predicted molar refractivity (Wildman–Crippen MR) is 82.2 cm³/mol. The average molecular weight is 307 g/mol. The summed E-state index contributed by atoms with van der Waals surface area (Å²) in [6, 6.07) is 4.83. The lowest BCUT2D eigenvalue weighted by atomic mass is 10.2. The van der Waals surface area contributed by atoms with Gasteiger partial charge in [-0.25, -0.2) is 0 Å². The number of hydrogen-bond donors (Lipinski definition) is 1. The summed E-state index contributed by atoms with van der Waals surface area (Å²) in [4.78, 5) is 25.6. The number of aromatic hydroxyl groups is 1. The fourth-order valence-electron chi connectivity index (χ4n) is 1.96. The molecule has 0 saturated carbocycles. The lowest BCUT2D eigenvalue weighted by Crippen LogP contribution is -2.29. The van der Waals surface area contributed by atoms with Gasteiger partial charge in [0.15, 0.2) is 11.5 Å². The highest BCUT2D eigenvalue weighted by atomic mass is 32.2. The smallest absolute Gasteiger partial charge is 0.293 e. The number of amides is 2. The van der Waals surface area contributed by atoms with E-state index >= 15 is 0 Å². The summed E-state index contributed by atoms with van der Waals surface area (Å²) in [5.41, 5.74) is 0.647. The highest BCUT2D eigenvalue weighted by molar-refractivity contribution is 8.18. The maximum Gasteiger partial charge on any atom is 0.293 e. The van der Waals surface area contributed by atoms with E-state index in [1.165, 1.54) is 18.1 Å². The van der Waals surface area contributed by atoms with Crippen LogP contribution in [0.1, 0.15) is 25.3 Å². The molecule has 1 heterocycles. The number of imide groups is 1. The van der Waals surface area contributed by atoms with Gasteiger partial charge < -0.3 is 9.84 Å². The van der Waals surface area contributed by atoms with E-state index in [2.05, 4.69) is 0 Å². The first-order chi connectivity index (χ1) is 10.1. The van der Waals surface area contributed by atoms with E-state index in [0.717, 1.165) is 24.6 Å². The Labute approximate surface area is 127 Å². The van der Waals surface area contributed by atoms with Gasteiger partial charge in [-0.2, -0.15) is 0 Å². The van der Waals surface area contributed by atoms with Crippen molar-refractivity contribution < 1.29 is 19.4 Å². The van der Waals surface area contributed by atoms with E-state index in [4.69, 9.17) is 4.74 Å². The number of unbranched alkanes of at least 4 members (excludes halogenated alkanes) is 1. The highest BCUT2D eigenvalue weighted by Gasteiger charge is 2.34. The molecule has 0 unspecified atom stereocenters. The molecule has 5 nitrogen and oxygen atoms in total. The van der Waals surface area contributed by atoms with E-state index in [9.17, 15) is 14.7 Å². The number of carbonyl (C=O) groups is 2. The summed E-state index contributed by atoms with van der Waals surface area (Å²) in [7, 11) is 1.47. The molecule has 21 heavy (non-hydrogen) atoms. The molecular weight excluding hydrogens is 290 g/mol. The number of nitrogens with zero attached hydrogens (tertiary/aromatic N) is 1. The van der Waals surface area contributed by atoms with Gasteiger partial charge in [0.25, 0.3) is 11.1 Å². The predicted octanol–water partition coefficient (Wildman–Crippen LogP) is 3.24. The minimum atomic E-state index is -0.270. The van der Waals surface area contributed by atoms with Crippen molar-refractivity contribution in [2.75, 3.05) is 13.7 Å². The summed E-state index contributed by atoms with van der Waals surface area (Å²) >= 11 is 0.929. The second-order valence-electron chi connectivity index (χ2n) is 4.62. The van der Waals surface area contributed by atoms with E-state index in [-0.39, 0.29) is 16.9 Å². The van der Waals surface area contributed by atoms with Crippen LogP contribution in [0.4, 0.5) is 4.79 Å². The number of hydrogen-bond acceptors (Lipinski definition) is 5. The molecule has 1 aromatic rings. The lowest BCUT2D eigenvalue weighted by Gasteiger charge is -2.10. The Bertz CT molecular complexity index is 597. The number of methoxy groups -OCH3 is 1. The van der Waals surface area contributed by atoms with Gasteiger partial charge in [0.05, 0.1) is 12.0 Å². The Balaban J connectivity index is 2.20. The molecule has 0 bridgehead atoms. The second-order valence-corrected chi connectivity index (χ2v) is 5.61. The van der Waals surface area contributed by atoms with Crippen LogP contribution < -0.4 is 4.74 Å². The van der Waals surface area contributed by atoms with Crippen molar-refractivity contribution in [3.8, 4) is 11.5 Å². The molecule has 1 N–H and O–H groups in total. The maximum atomic E-state index is 12.2. The molecule has 1 aliphatic heterocycles. The van der Waals surface area contributed by atoms with Crippen LogP contribution >= 0.6 is 11.8 Å². The van der Waals surface area contributed by atoms with E-state index < -0.39 is 0 Å². The number of benzene rings is 1. The van der Waals surface area contributed by atoms with Crippen molar-refractivity contribution in [2.45, 2.75) is 19.8 Å². The van der Waals surface area contributed by atoms with E-state index in [1.54, 1.807) is 18.2 Å². The van der Waals surface area contributed by atoms with Crippen LogP contribution in [-0.4, -0.2) is 34.8 Å². The second kappa shape index (κ2) is 6.67. The Hall–Kier alpha value is -1.95. The summed E-state index contributed by atoms with van der Waals surface area (Å²) in [6.45, 7) is 2.46. The summed E-state index contributed by atoms with van der Waals surface area (Å²) in [5.74, 6) is 0.0911. The average Bonchev–Trinajstić information content (AvgIpc) is 2.72. The number of carbonyl (C=O) groups excluding carboxylic acids is 2. The van der Waals surface area contributed by atoms with Crippen LogP contribution in [0.2, 0.25) is 0 Å². The van der Waals surface area contributed by atoms with Crippen LogP contribution in [0, 0.1) is 0 Å². The fourth-order valence-corrected chi connectivity index (χ4v) is 2.82. The summed E-state index contributed by atoms with van der Waals surface area (Å²) in [5, 5.41) is 9.49. The topological polar surface area (TPSA) is 66.8 Å². The number of rotatable bonds is 5. The van der Waals surface area contributed by atoms with Gasteiger partial charge in [0, 0.05) is 6.54 Å². The zero-order chi connectivity index (χ0) is 15.4. The fraction of sp³-hybridized carbons (Fsp3) is 0.333. The van der Waals surface area contributed by atoms with Gasteiger partial charge in [-0.15, -0.1) is 0 Å². The summed E-state index contributed by atoms with van der Waals surface area (Å²) < 4.78 is 4.96. The van der Waals surface area contributed by atoms with Gasteiger partial charge in [-0.3, -0.25) is 14.5 Å². The van der Waals surface area contributed by atoms with Crippen molar-refractivity contribution in [1.82, 2.24) is 4.90 Å². The normalized spacial score (nSPS) is 16.9. The first-order valence-electron chi connectivity index (χ1n) is 6.69. The Kier molecular flexibility index (Phi) is 4.90. The third-order valence-corrected chi connectivity index (χ3v) is 4.02. The quantitative estimate of drug-likeness (QED) is 0.846. The highest BCUT2D eigenvalue weighted by Crippen LogP contribution is 2.34. The molecule has 0 radical (unpaired) electrons. The molecular formula is C15H17NO4S. The van der Waals surface area contributed by atoms with Crippen LogP contribution in [0.3, 0.4) is 0 Å². The number of thioether (sulfide) groups is 1. The van der Waals surface area contributed by atoms with Crippen molar-refractivity contribution in [1.29, 1.82) is 0 Å². The van der Waals surface area contributed by atoms with Crippen LogP contribution in [0.25, 0.3) is 6.08 Å². The molecule has 0 spiro atoms. The Morgan fingerprint density at radius 3 is 2.76 bits per heavy atom. The molecule has 112 valence electrons. The van der Waals surface area contributed by atoms with Crippen molar-refractivity contribution >= 4 is 29.0 Å². The maximum absolute atomic E-state index is 12.2. The Morgan fingerprint density at radius 2 is 2.14 bits per heavy atom. The number of ether oxygens (including phenoxy) is 1. The zero-order valence-corrected chi connectivity index (χ0v) is 12.8. The van der Waals surface area contributed by atoms with Crippen molar-refractivity contribution in [2.24, 2.45) is 0 Å². The molecule has 1 aliphatic rings. The third-order valence-electron chi connectivity index (χ3n) is 3.11. The SMILES string of the molecule is CCCCN1C(=O)S/C(=C\c2ccc(OC)c(O)c2)C1=O. The number of phenolic OH excluding ortho intramolecular Hbond substituents is 1. The first kappa shape index (κ1) is 15.4. The van der Waals surface area contributed by atoms with Crippen LogP contribution in [0.15, 0.2) is 23.1 Å². The van der Waals surface area contributed by atoms with Gasteiger partial charge >= 0.3 is 0 Å². The first-order valence-corrected chi connectivity index (χ1v) is 7.50.